The van der Waals surface area contributed by atoms with Crippen LogP contribution in [0.3, 0.4) is 0 Å². The number of rotatable bonds is 2. The summed E-state index contributed by atoms with van der Waals surface area (Å²) in [6.45, 7) is 0. The molecule has 0 aliphatic carbocycles. The molecule has 132 valence electrons. The molecule has 1 N–H and O–H groups in total. The van der Waals surface area contributed by atoms with Crippen molar-refractivity contribution in [2.24, 2.45) is 0 Å². The van der Waals surface area contributed by atoms with Crippen LogP contribution in [-0.4, -0.2) is 19.8 Å². The summed E-state index contributed by atoms with van der Waals surface area (Å²) in [5, 5.41) is 20.1. The van der Waals surface area contributed by atoms with E-state index in [1.807, 2.05) is 4.98 Å². The molecule has 0 aliphatic heterocycles. The van der Waals surface area contributed by atoms with Gasteiger partial charge in [0.2, 0.25) is 0 Å². The highest BCUT2D eigenvalue weighted by Crippen LogP contribution is 2.21. The first-order chi connectivity index (χ1) is 10.2. The summed E-state index contributed by atoms with van der Waals surface area (Å²) in [5.41, 5.74) is -2.06. The average Bonchev–Trinajstić information content (AvgIpc) is 2.44. The molecule has 2 aromatic rings. The molecule has 24 heavy (non-hydrogen) atoms. The summed E-state index contributed by atoms with van der Waals surface area (Å²) in [5.74, 6) is -1.56. The van der Waals surface area contributed by atoms with Gasteiger partial charge >= 0.3 is 16.9 Å². The van der Waals surface area contributed by atoms with Crippen LogP contribution in [0, 0.1) is 31.9 Å². The van der Waals surface area contributed by atoms with Crippen molar-refractivity contribution in [1.29, 1.82) is 0 Å². The number of hydrogen-bond donors (Lipinski definition) is 1. The van der Waals surface area contributed by atoms with Crippen molar-refractivity contribution in [1.82, 2.24) is 9.97 Å². The van der Waals surface area contributed by atoms with E-state index in [0.717, 1.165) is 18.5 Å². The van der Waals surface area contributed by atoms with Crippen LogP contribution in [0.5, 0.6) is 0 Å². The fraction of sp³-hybridized carbons (Fsp3) is 0.167. The standard InChI is InChI=1S/C5H2BrFN2O2.C5H3FN2O3.2CH4/c6-5-4(9(10)11)1-3(7)2-8-5;6-3-1-4(8(10)11)5(9)7-2-3;;/h1-2H;1-2H,(H,7,9);2*1H4. The molecule has 0 aliphatic rings. The SMILES string of the molecule is C.C.O=[N+]([O-])c1cc(F)cnc1Br.O=c1[nH]cc(F)cc1[N+](=O)[O-]. The van der Waals surface area contributed by atoms with Crippen molar-refractivity contribution in [3.05, 3.63) is 71.3 Å². The summed E-state index contributed by atoms with van der Waals surface area (Å²) < 4.78 is 24.6. The van der Waals surface area contributed by atoms with Gasteiger partial charge in [-0.3, -0.25) is 25.0 Å². The number of nitro groups is 2. The van der Waals surface area contributed by atoms with E-state index in [1.165, 1.54) is 0 Å². The van der Waals surface area contributed by atoms with E-state index >= 15 is 0 Å². The smallest absolute Gasteiger partial charge is 0.320 e. The highest BCUT2D eigenvalue weighted by molar-refractivity contribution is 9.10. The Morgan fingerprint density at radius 3 is 1.96 bits per heavy atom. The molecule has 0 fully saturated rings. The lowest BCUT2D eigenvalue weighted by molar-refractivity contribution is -0.386. The molecule has 0 aromatic carbocycles. The highest BCUT2D eigenvalue weighted by atomic mass is 79.9. The maximum atomic E-state index is 12.3. The van der Waals surface area contributed by atoms with E-state index in [0.29, 0.717) is 6.07 Å². The molecular formula is C12H13BrF2N4O5. The maximum absolute atomic E-state index is 12.3. The normalized spacial score (nSPS) is 8.79. The molecule has 2 rings (SSSR count). The average molecular weight is 411 g/mol. The molecule has 12 heteroatoms. The first kappa shape index (κ1) is 23.5. The molecule has 2 heterocycles. The Kier molecular flexibility index (Phi) is 9.89. The molecule has 0 atom stereocenters. The second-order valence-electron chi connectivity index (χ2n) is 3.51. The predicted molar refractivity (Wildman–Crippen MR) is 85.7 cm³/mol. The molecule has 0 saturated heterocycles. The third-order valence-corrected chi connectivity index (χ3v) is 2.64. The van der Waals surface area contributed by atoms with Gasteiger partial charge in [-0.1, -0.05) is 14.9 Å². The molecule has 0 spiro atoms. The minimum Gasteiger partial charge on any atom is -0.320 e. The first-order valence-electron chi connectivity index (χ1n) is 5.20. The Labute approximate surface area is 142 Å². The third kappa shape index (κ3) is 6.56. The van der Waals surface area contributed by atoms with Crippen molar-refractivity contribution in [3.63, 3.8) is 0 Å². The van der Waals surface area contributed by atoms with Gasteiger partial charge in [0.15, 0.2) is 4.60 Å². The molecule has 2 aromatic heterocycles. The lowest BCUT2D eigenvalue weighted by Crippen LogP contribution is -2.10. The second kappa shape index (κ2) is 10.1. The number of H-pyrrole nitrogens is 1. The number of pyridine rings is 2. The van der Waals surface area contributed by atoms with Crippen LogP contribution in [0.15, 0.2) is 33.9 Å². The van der Waals surface area contributed by atoms with Gasteiger partial charge in [-0.05, 0) is 15.9 Å². The van der Waals surface area contributed by atoms with Gasteiger partial charge in [-0.25, -0.2) is 13.8 Å². The summed E-state index contributed by atoms with van der Waals surface area (Å²) in [4.78, 5) is 34.3. The first-order valence-corrected chi connectivity index (χ1v) is 5.99. The van der Waals surface area contributed by atoms with Gasteiger partial charge in [0.25, 0.3) is 0 Å². The minimum absolute atomic E-state index is 0. The lowest BCUT2D eigenvalue weighted by Gasteiger charge is -1.92. The monoisotopic (exact) mass is 410 g/mol. The summed E-state index contributed by atoms with van der Waals surface area (Å²) in [6, 6.07) is 1.37. The van der Waals surface area contributed by atoms with Crippen molar-refractivity contribution in [2.45, 2.75) is 14.9 Å². The fourth-order valence-corrected chi connectivity index (χ4v) is 1.48. The Hall–Kier alpha value is -2.76. The van der Waals surface area contributed by atoms with Gasteiger partial charge < -0.3 is 4.98 Å². The Morgan fingerprint density at radius 1 is 1.04 bits per heavy atom. The molecule has 0 bridgehead atoms. The van der Waals surface area contributed by atoms with Crippen LogP contribution in [0.2, 0.25) is 0 Å². The highest BCUT2D eigenvalue weighted by Gasteiger charge is 2.13. The number of hydrogen-bond acceptors (Lipinski definition) is 6. The van der Waals surface area contributed by atoms with Crippen LogP contribution in [0.4, 0.5) is 20.2 Å². The number of halogens is 3. The maximum Gasteiger partial charge on any atom is 0.336 e. The van der Waals surface area contributed by atoms with E-state index in [1.54, 1.807) is 0 Å². The number of nitrogens with one attached hydrogen (secondary N) is 1. The van der Waals surface area contributed by atoms with Crippen LogP contribution in [0.25, 0.3) is 0 Å². The summed E-state index contributed by atoms with van der Waals surface area (Å²) in [6.07, 6.45) is 1.66. The van der Waals surface area contributed by atoms with E-state index in [9.17, 15) is 33.8 Å². The minimum atomic E-state index is -0.943. The van der Waals surface area contributed by atoms with Crippen molar-refractivity contribution in [2.75, 3.05) is 0 Å². The number of nitrogens with zero attached hydrogens (tertiary/aromatic N) is 3. The summed E-state index contributed by atoms with van der Waals surface area (Å²) >= 11 is 2.81. The zero-order chi connectivity index (χ0) is 16.9. The van der Waals surface area contributed by atoms with Crippen molar-refractivity contribution in [3.8, 4) is 0 Å². The van der Waals surface area contributed by atoms with Gasteiger partial charge in [-0.2, -0.15) is 0 Å². The number of aromatic amines is 1. The fourth-order valence-electron chi connectivity index (χ4n) is 1.12. The Balaban J connectivity index is 0. The van der Waals surface area contributed by atoms with E-state index in [4.69, 9.17) is 0 Å². The van der Waals surface area contributed by atoms with Crippen molar-refractivity contribution < 1.29 is 18.6 Å². The molecule has 9 nitrogen and oxygen atoms in total. The zero-order valence-corrected chi connectivity index (χ0v) is 11.9. The predicted octanol–water partition coefficient (Wildman–Crippen LogP) is 3.59. The molecule has 0 radical (unpaired) electrons. The van der Waals surface area contributed by atoms with Crippen LogP contribution in [0.1, 0.15) is 14.9 Å². The van der Waals surface area contributed by atoms with Crippen LogP contribution in [-0.2, 0) is 0 Å². The Bertz CT molecular complexity index is 784. The quantitative estimate of drug-likeness (QED) is 0.456. The van der Waals surface area contributed by atoms with Gasteiger partial charge in [0.05, 0.1) is 28.2 Å². The van der Waals surface area contributed by atoms with Crippen LogP contribution >= 0.6 is 15.9 Å². The van der Waals surface area contributed by atoms with Gasteiger partial charge in [0, 0.05) is 6.20 Å². The van der Waals surface area contributed by atoms with Gasteiger partial charge in [0.1, 0.15) is 11.6 Å². The largest absolute Gasteiger partial charge is 0.336 e. The molecule has 0 amide bonds. The van der Waals surface area contributed by atoms with E-state index in [2.05, 4.69) is 20.9 Å². The molecular weight excluding hydrogens is 398 g/mol. The molecule has 0 unspecified atom stereocenters. The second-order valence-corrected chi connectivity index (χ2v) is 4.26. The third-order valence-electron chi connectivity index (χ3n) is 2.03. The number of aromatic nitrogens is 2. The topological polar surface area (TPSA) is 132 Å². The van der Waals surface area contributed by atoms with E-state index < -0.39 is 32.7 Å². The summed E-state index contributed by atoms with van der Waals surface area (Å²) in [7, 11) is 0. The zero-order valence-electron chi connectivity index (χ0n) is 10.3. The van der Waals surface area contributed by atoms with Crippen LogP contribution < -0.4 is 5.56 Å². The molecule has 0 saturated carbocycles. The van der Waals surface area contributed by atoms with Crippen molar-refractivity contribution >= 4 is 27.3 Å². The van der Waals surface area contributed by atoms with E-state index in [-0.39, 0.29) is 25.1 Å². The van der Waals surface area contributed by atoms with Gasteiger partial charge in [-0.15, -0.1) is 0 Å². The Morgan fingerprint density at radius 2 is 1.54 bits per heavy atom. The lowest BCUT2D eigenvalue weighted by atomic mass is 10.4.